The number of nitro benzene ring substituents is 1. The van der Waals surface area contributed by atoms with Gasteiger partial charge in [-0.2, -0.15) is 0 Å². The van der Waals surface area contributed by atoms with Crippen LogP contribution in [0, 0.1) is 10.1 Å². The standard InChI is InChI=1S/C20H20N4O5S.ClH/c1-22(2)8-5-9-23(19(25)13-6-3-4-7-15(13)24(26)27)20-21-14-10-16-17(29-12-28-16)11-18(14)30-20;/h3-4,6-7,10-11H,5,8-9,12H2,1-2H3;1H. The number of para-hydroxylation sites is 1. The molecule has 11 heteroatoms. The Morgan fingerprint density at radius 3 is 2.61 bits per heavy atom. The van der Waals surface area contributed by atoms with Crippen LogP contribution in [0.3, 0.4) is 0 Å². The highest BCUT2D eigenvalue weighted by Gasteiger charge is 2.28. The van der Waals surface area contributed by atoms with Crippen LogP contribution >= 0.6 is 23.7 Å². The molecule has 1 amide bonds. The number of fused-ring (bicyclic) bond motifs is 2. The van der Waals surface area contributed by atoms with Crippen LogP contribution in [-0.4, -0.2) is 54.7 Å². The summed E-state index contributed by atoms with van der Waals surface area (Å²) >= 11 is 1.34. The Labute approximate surface area is 188 Å². The first-order valence-electron chi connectivity index (χ1n) is 9.34. The van der Waals surface area contributed by atoms with Crippen LogP contribution in [0.5, 0.6) is 11.5 Å². The van der Waals surface area contributed by atoms with Gasteiger partial charge in [0, 0.05) is 24.7 Å². The lowest BCUT2D eigenvalue weighted by molar-refractivity contribution is -0.385. The molecule has 4 rings (SSSR count). The largest absolute Gasteiger partial charge is 0.454 e. The Hall–Kier alpha value is -2.95. The first kappa shape index (κ1) is 22.7. The number of anilines is 1. The fourth-order valence-corrected chi connectivity index (χ4v) is 4.21. The molecule has 0 fully saturated rings. The predicted molar refractivity (Wildman–Crippen MR) is 121 cm³/mol. The molecule has 1 aromatic heterocycles. The van der Waals surface area contributed by atoms with Crippen molar-refractivity contribution in [2.45, 2.75) is 6.42 Å². The molecule has 0 radical (unpaired) electrons. The number of nitrogens with zero attached hydrogens (tertiary/aromatic N) is 4. The third-order valence-electron chi connectivity index (χ3n) is 4.67. The second kappa shape index (κ2) is 9.46. The highest BCUT2D eigenvalue weighted by molar-refractivity contribution is 7.22. The molecular formula is C20H21ClN4O5S. The van der Waals surface area contributed by atoms with E-state index in [2.05, 4.69) is 4.98 Å². The van der Waals surface area contributed by atoms with Crippen molar-refractivity contribution in [3.63, 3.8) is 0 Å². The van der Waals surface area contributed by atoms with Crippen molar-refractivity contribution in [3.05, 3.63) is 52.1 Å². The number of ether oxygens (including phenoxy) is 2. The van der Waals surface area contributed by atoms with Gasteiger partial charge in [0.05, 0.1) is 15.1 Å². The van der Waals surface area contributed by atoms with E-state index < -0.39 is 10.8 Å². The van der Waals surface area contributed by atoms with E-state index in [1.807, 2.05) is 25.1 Å². The molecule has 3 aromatic rings. The number of carbonyl (C=O) groups excluding carboxylic acids is 1. The number of benzene rings is 2. The Morgan fingerprint density at radius 2 is 1.90 bits per heavy atom. The maximum Gasteiger partial charge on any atom is 0.282 e. The van der Waals surface area contributed by atoms with E-state index in [1.54, 1.807) is 18.2 Å². The van der Waals surface area contributed by atoms with Crippen LogP contribution in [0.15, 0.2) is 36.4 Å². The van der Waals surface area contributed by atoms with Gasteiger partial charge in [-0.15, -0.1) is 12.4 Å². The molecule has 0 atom stereocenters. The number of rotatable bonds is 7. The number of thiazole rings is 1. The Morgan fingerprint density at radius 1 is 1.19 bits per heavy atom. The second-order valence-electron chi connectivity index (χ2n) is 7.06. The Kier molecular flexibility index (Phi) is 6.94. The minimum atomic E-state index is -0.539. The summed E-state index contributed by atoms with van der Waals surface area (Å²) in [6, 6.07) is 9.60. The molecule has 0 unspecified atom stereocenters. The molecule has 0 spiro atoms. The zero-order chi connectivity index (χ0) is 21.3. The number of carbonyl (C=O) groups is 1. The fourth-order valence-electron chi connectivity index (χ4n) is 3.21. The molecule has 0 saturated carbocycles. The van der Waals surface area contributed by atoms with E-state index in [1.165, 1.54) is 28.4 Å². The maximum absolute atomic E-state index is 13.3. The zero-order valence-corrected chi connectivity index (χ0v) is 18.6. The van der Waals surface area contributed by atoms with Crippen molar-refractivity contribution < 1.29 is 19.2 Å². The Bertz CT molecular complexity index is 1080. The number of halogens is 1. The van der Waals surface area contributed by atoms with Crippen LogP contribution < -0.4 is 14.4 Å². The lowest BCUT2D eigenvalue weighted by Gasteiger charge is -2.21. The number of hydrogen-bond donors (Lipinski definition) is 0. The van der Waals surface area contributed by atoms with Gasteiger partial charge in [0.1, 0.15) is 5.56 Å². The van der Waals surface area contributed by atoms with E-state index in [0.717, 1.165) is 11.2 Å². The fraction of sp³-hybridized carbons (Fsp3) is 0.300. The number of nitro groups is 1. The zero-order valence-electron chi connectivity index (χ0n) is 16.9. The van der Waals surface area contributed by atoms with E-state index >= 15 is 0 Å². The average molecular weight is 465 g/mol. The summed E-state index contributed by atoms with van der Waals surface area (Å²) in [5.41, 5.74) is 0.509. The lowest BCUT2D eigenvalue weighted by atomic mass is 10.1. The molecule has 2 aromatic carbocycles. The molecule has 0 saturated heterocycles. The van der Waals surface area contributed by atoms with E-state index in [4.69, 9.17) is 9.47 Å². The van der Waals surface area contributed by atoms with Gasteiger partial charge in [-0.1, -0.05) is 23.5 Å². The molecule has 0 bridgehead atoms. The number of hydrogen-bond acceptors (Lipinski definition) is 8. The minimum absolute atomic E-state index is 0. The second-order valence-corrected chi connectivity index (χ2v) is 8.07. The van der Waals surface area contributed by atoms with Crippen molar-refractivity contribution in [2.75, 3.05) is 38.9 Å². The van der Waals surface area contributed by atoms with Gasteiger partial charge in [-0.3, -0.25) is 19.8 Å². The van der Waals surface area contributed by atoms with Crippen LogP contribution in [0.25, 0.3) is 10.2 Å². The monoisotopic (exact) mass is 464 g/mol. The van der Waals surface area contributed by atoms with Gasteiger partial charge in [0.2, 0.25) is 6.79 Å². The van der Waals surface area contributed by atoms with Crippen LogP contribution in [0.2, 0.25) is 0 Å². The van der Waals surface area contributed by atoms with Crippen molar-refractivity contribution in [2.24, 2.45) is 0 Å². The smallest absolute Gasteiger partial charge is 0.282 e. The van der Waals surface area contributed by atoms with Crippen molar-refractivity contribution in [3.8, 4) is 11.5 Å². The van der Waals surface area contributed by atoms with E-state index in [-0.39, 0.29) is 30.5 Å². The van der Waals surface area contributed by atoms with E-state index in [0.29, 0.717) is 35.1 Å². The normalized spacial score (nSPS) is 12.1. The summed E-state index contributed by atoms with van der Waals surface area (Å²) in [4.78, 5) is 32.4. The summed E-state index contributed by atoms with van der Waals surface area (Å²) in [7, 11) is 3.90. The maximum atomic E-state index is 13.3. The van der Waals surface area contributed by atoms with Gasteiger partial charge >= 0.3 is 0 Å². The lowest BCUT2D eigenvalue weighted by Crippen LogP contribution is -2.33. The van der Waals surface area contributed by atoms with Gasteiger partial charge < -0.3 is 14.4 Å². The van der Waals surface area contributed by atoms with Crippen molar-refractivity contribution in [1.82, 2.24) is 9.88 Å². The summed E-state index contributed by atoms with van der Waals surface area (Å²) in [5, 5.41) is 11.9. The first-order valence-corrected chi connectivity index (χ1v) is 10.2. The molecule has 0 aliphatic carbocycles. The average Bonchev–Trinajstić information content (AvgIpc) is 3.34. The summed E-state index contributed by atoms with van der Waals surface area (Å²) in [6.45, 7) is 1.32. The molecule has 164 valence electrons. The topological polar surface area (TPSA) is 98.0 Å². The summed E-state index contributed by atoms with van der Waals surface area (Å²) in [6.07, 6.45) is 0.692. The third kappa shape index (κ3) is 4.71. The molecular weight excluding hydrogens is 444 g/mol. The first-order chi connectivity index (χ1) is 14.4. The quantitative estimate of drug-likeness (QED) is 0.385. The summed E-state index contributed by atoms with van der Waals surface area (Å²) in [5.74, 6) is 0.811. The summed E-state index contributed by atoms with van der Waals surface area (Å²) < 4.78 is 11.7. The van der Waals surface area contributed by atoms with E-state index in [9.17, 15) is 14.9 Å². The molecule has 1 aliphatic heterocycles. The molecule has 2 heterocycles. The van der Waals surface area contributed by atoms with Gasteiger partial charge in [-0.25, -0.2) is 4.98 Å². The predicted octanol–water partition coefficient (Wildman–Crippen LogP) is 3.95. The van der Waals surface area contributed by atoms with Gasteiger partial charge in [0.15, 0.2) is 16.6 Å². The molecule has 9 nitrogen and oxygen atoms in total. The highest BCUT2D eigenvalue weighted by Crippen LogP contribution is 2.40. The molecule has 31 heavy (non-hydrogen) atoms. The highest BCUT2D eigenvalue weighted by atomic mass is 35.5. The molecule has 1 aliphatic rings. The van der Waals surface area contributed by atoms with Crippen molar-refractivity contribution in [1.29, 1.82) is 0 Å². The van der Waals surface area contributed by atoms with Crippen LogP contribution in [0.4, 0.5) is 10.8 Å². The Balaban J connectivity index is 0.00000272. The van der Waals surface area contributed by atoms with Crippen LogP contribution in [0.1, 0.15) is 16.8 Å². The van der Waals surface area contributed by atoms with Gasteiger partial charge in [-0.05, 0) is 33.1 Å². The van der Waals surface area contributed by atoms with Crippen LogP contribution in [-0.2, 0) is 0 Å². The number of amides is 1. The minimum Gasteiger partial charge on any atom is -0.454 e. The SMILES string of the molecule is CN(C)CCCN(C(=O)c1ccccc1[N+](=O)[O-])c1nc2cc3c(cc2s1)OCO3.Cl. The number of aromatic nitrogens is 1. The van der Waals surface area contributed by atoms with Gasteiger partial charge in [0.25, 0.3) is 11.6 Å². The van der Waals surface area contributed by atoms with Crippen molar-refractivity contribution >= 4 is 50.7 Å². The molecule has 0 N–H and O–H groups in total. The third-order valence-corrected chi connectivity index (χ3v) is 5.71.